The third kappa shape index (κ3) is 2.94. The van der Waals surface area contributed by atoms with E-state index in [4.69, 9.17) is 9.52 Å². The van der Waals surface area contributed by atoms with Crippen LogP contribution in [-0.4, -0.2) is 20.9 Å². The predicted molar refractivity (Wildman–Crippen MR) is 59.4 cm³/mol. The Morgan fingerprint density at radius 2 is 2.41 bits per heavy atom. The molecule has 0 bridgehead atoms. The molecule has 2 aromatic rings. The number of furan rings is 1. The van der Waals surface area contributed by atoms with Gasteiger partial charge >= 0.3 is 5.97 Å². The zero-order chi connectivity index (χ0) is 12.3. The normalized spacial score (nSPS) is 10.6. The van der Waals surface area contributed by atoms with Gasteiger partial charge in [-0.25, -0.2) is 4.79 Å². The highest BCUT2D eigenvalue weighted by molar-refractivity contribution is 5.87. The molecular formula is C11H13N3O3. The minimum absolute atomic E-state index is 0.170. The van der Waals surface area contributed by atoms with Gasteiger partial charge in [0.15, 0.2) is 0 Å². The van der Waals surface area contributed by atoms with Gasteiger partial charge in [0.25, 0.3) is 0 Å². The summed E-state index contributed by atoms with van der Waals surface area (Å²) in [6, 6.07) is 1.51. The molecule has 0 spiro atoms. The lowest BCUT2D eigenvalue weighted by atomic mass is 10.3. The molecule has 2 heterocycles. The maximum Gasteiger partial charge on any atom is 0.338 e. The van der Waals surface area contributed by atoms with E-state index in [1.165, 1.54) is 12.3 Å². The number of carboxylic acid groups (broad SMARTS) is 1. The van der Waals surface area contributed by atoms with Crippen molar-refractivity contribution in [3.8, 4) is 0 Å². The van der Waals surface area contributed by atoms with Crippen LogP contribution in [0, 0.1) is 0 Å². The van der Waals surface area contributed by atoms with Crippen molar-refractivity contribution in [3.05, 3.63) is 41.6 Å². The Labute approximate surface area is 97.9 Å². The number of nitrogens with zero attached hydrogens (tertiary/aromatic N) is 2. The Balaban J connectivity index is 1.83. The quantitative estimate of drug-likeness (QED) is 0.808. The van der Waals surface area contributed by atoms with Gasteiger partial charge in [-0.2, -0.15) is 5.10 Å². The van der Waals surface area contributed by atoms with Crippen LogP contribution in [0.5, 0.6) is 0 Å². The van der Waals surface area contributed by atoms with E-state index in [2.05, 4.69) is 10.4 Å². The highest BCUT2D eigenvalue weighted by Gasteiger charge is 2.07. The van der Waals surface area contributed by atoms with Gasteiger partial charge in [-0.05, 0) is 6.07 Å². The first-order valence-corrected chi connectivity index (χ1v) is 5.14. The number of nitrogens with one attached hydrogen (secondary N) is 1. The van der Waals surface area contributed by atoms with E-state index in [9.17, 15) is 4.79 Å². The number of hydrogen-bond acceptors (Lipinski definition) is 4. The largest absolute Gasteiger partial charge is 0.478 e. The van der Waals surface area contributed by atoms with Gasteiger partial charge < -0.3 is 14.8 Å². The van der Waals surface area contributed by atoms with Crippen LogP contribution in [0.3, 0.4) is 0 Å². The molecule has 2 aromatic heterocycles. The van der Waals surface area contributed by atoms with Crippen LogP contribution in [0.25, 0.3) is 0 Å². The average molecular weight is 235 g/mol. The summed E-state index contributed by atoms with van der Waals surface area (Å²) in [7, 11) is 1.86. The van der Waals surface area contributed by atoms with E-state index in [1.54, 1.807) is 10.9 Å². The molecule has 0 fully saturated rings. The van der Waals surface area contributed by atoms with Crippen LogP contribution in [0.2, 0.25) is 0 Å². The topological polar surface area (TPSA) is 80.3 Å². The lowest BCUT2D eigenvalue weighted by Gasteiger charge is -1.98. The molecule has 0 aliphatic rings. The van der Waals surface area contributed by atoms with Crippen molar-refractivity contribution in [2.45, 2.75) is 13.1 Å². The fraction of sp³-hybridized carbons (Fsp3) is 0.273. The zero-order valence-corrected chi connectivity index (χ0v) is 9.38. The number of aryl methyl sites for hydroxylation is 1. The molecule has 2 rings (SSSR count). The van der Waals surface area contributed by atoms with Crippen LogP contribution in [0.15, 0.2) is 29.1 Å². The second-order valence-corrected chi connectivity index (χ2v) is 3.73. The highest BCUT2D eigenvalue weighted by Crippen LogP contribution is 2.07. The second-order valence-electron chi connectivity index (χ2n) is 3.73. The highest BCUT2D eigenvalue weighted by atomic mass is 16.4. The summed E-state index contributed by atoms with van der Waals surface area (Å²) >= 11 is 0. The molecule has 0 unspecified atom stereocenters. The summed E-state index contributed by atoms with van der Waals surface area (Å²) in [6.45, 7) is 1.15. The van der Waals surface area contributed by atoms with Gasteiger partial charge in [-0.1, -0.05) is 0 Å². The van der Waals surface area contributed by atoms with E-state index < -0.39 is 5.97 Å². The molecule has 0 radical (unpaired) electrons. The molecule has 0 aliphatic heterocycles. The van der Waals surface area contributed by atoms with Crippen molar-refractivity contribution in [1.29, 1.82) is 0 Å². The minimum atomic E-state index is -0.979. The number of rotatable bonds is 5. The van der Waals surface area contributed by atoms with Gasteiger partial charge in [-0.15, -0.1) is 0 Å². The first kappa shape index (κ1) is 11.4. The predicted octanol–water partition coefficient (Wildman–Crippen LogP) is 1.00. The Bertz CT molecular complexity index is 516. The molecule has 0 saturated heterocycles. The molecule has 17 heavy (non-hydrogen) atoms. The molecule has 2 N–H and O–H groups in total. The van der Waals surface area contributed by atoms with E-state index in [0.717, 1.165) is 5.56 Å². The maximum absolute atomic E-state index is 10.6. The standard InChI is InChI=1S/C11H13N3O3/c1-14-6-8(4-13-14)3-12-5-10-2-9(7-17-10)11(15)16/h2,4,6-7,12H,3,5H2,1H3,(H,15,16). The summed E-state index contributed by atoms with van der Waals surface area (Å²) in [5, 5.41) is 15.9. The van der Waals surface area contributed by atoms with Crippen molar-refractivity contribution in [2.24, 2.45) is 7.05 Å². The van der Waals surface area contributed by atoms with Gasteiger partial charge in [0.2, 0.25) is 0 Å². The van der Waals surface area contributed by atoms with Gasteiger partial charge in [-0.3, -0.25) is 4.68 Å². The maximum atomic E-state index is 10.6. The minimum Gasteiger partial charge on any atom is -0.478 e. The molecule has 0 atom stereocenters. The fourth-order valence-corrected chi connectivity index (χ4v) is 1.48. The Morgan fingerprint density at radius 3 is 3.00 bits per heavy atom. The molecule has 0 amide bonds. The Morgan fingerprint density at radius 1 is 1.59 bits per heavy atom. The summed E-state index contributed by atoms with van der Waals surface area (Å²) in [5.74, 6) is -0.376. The number of carboxylic acids is 1. The number of aromatic carboxylic acids is 1. The molecular weight excluding hydrogens is 222 g/mol. The first-order valence-electron chi connectivity index (χ1n) is 5.14. The molecule has 6 heteroatoms. The SMILES string of the molecule is Cn1cc(CNCc2cc(C(=O)O)co2)cn1. The van der Waals surface area contributed by atoms with Crippen molar-refractivity contribution in [1.82, 2.24) is 15.1 Å². The average Bonchev–Trinajstić information content (AvgIpc) is 2.88. The number of hydrogen-bond donors (Lipinski definition) is 2. The molecule has 0 saturated carbocycles. The van der Waals surface area contributed by atoms with Crippen LogP contribution >= 0.6 is 0 Å². The van der Waals surface area contributed by atoms with Gasteiger partial charge in [0.1, 0.15) is 12.0 Å². The third-order valence-corrected chi connectivity index (χ3v) is 2.29. The van der Waals surface area contributed by atoms with E-state index in [1.807, 2.05) is 13.2 Å². The molecule has 0 aliphatic carbocycles. The van der Waals surface area contributed by atoms with E-state index in [-0.39, 0.29) is 5.56 Å². The third-order valence-electron chi connectivity index (χ3n) is 2.29. The second kappa shape index (κ2) is 4.84. The van der Waals surface area contributed by atoms with E-state index >= 15 is 0 Å². The summed E-state index contributed by atoms with van der Waals surface area (Å²) in [5.41, 5.74) is 1.24. The summed E-state index contributed by atoms with van der Waals surface area (Å²) in [4.78, 5) is 10.6. The summed E-state index contributed by atoms with van der Waals surface area (Å²) in [6.07, 6.45) is 4.93. The summed E-state index contributed by atoms with van der Waals surface area (Å²) < 4.78 is 6.83. The van der Waals surface area contributed by atoms with Crippen LogP contribution in [0.4, 0.5) is 0 Å². The van der Waals surface area contributed by atoms with Gasteiger partial charge in [0, 0.05) is 25.4 Å². The van der Waals surface area contributed by atoms with Crippen LogP contribution in [-0.2, 0) is 20.1 Å². The molecule has 0 aromatic carbocycles. The van der Waals surface area contributed by atoms with Crippen molar-refractivity contribution in [2.75, 3.05) is 0 Å². The zero-order valence-electron chi connectivity index (χ0n) is 9.38. The van der Waals surface area contributed by atoms with E-state index in [0.29, 0.717) is 18.8 Å². The molecule has 90 valence electrons. The first-order chi connectivity index (χ1) is 8.15. The van der Waals surface area contributed by atoms with Crippen LogP contribution < -0.4 is 5.32 Å². The fourth-order valence-electron chi connectivity index (χ4n) is 1.48. The Kier molecular flexibility index (Phi) is 3.24. The molecule has 6 nitrogen and oxygen atoms in total. The lowest BCUT2D eigenvalue weighted by molar-refractivity contribution is 0.0696. The van der Waals surface area contributed by atoms with Crippen LogP contribution in [0.1, 0.15) is 21.7 Å². The monoisotopic (exact) mass is 235 g/mol. The number of aromatic nitrogens is 2. The smallest absolute Gasteiger partial charge is 0.338 e. The Hall–Kier alpha value is -2.08. The van der Waals surface area contributed by atoms with Crippen molar-refractivity contribution >= 4 is 5.97 Å². The lowest BCUT2D eigenvalue weighted by Crippen LogP contribution is -2.11. The number of carbonyl (C=O) groups is 1. The van der Waals surface area contributed by atoms with Crippen molar-refractivity contribution < 1.29 is 14.3 Å². The van der Waals surface area contributed by atoms with Gasteiger partial charge in [0.05, 0.1) is 18.3 Å². The van der Waals surface area contributed by atoms with Crippen molar-refractivity contribution in [3.63, 3.8) is 0 Å².